The van der Waals surface area contributed by atoms with Gasteiger partial charge in [0.05, 0.1) is 20.1 Å². The van der Waals surface area contributed by atoms with Gasteiger partial charge in [-0.05, 0) is 88.6 Å². The largest absolute Gasteiger partial charge is 0.489 e. The second-order valence-electron chi connectivity index (χ2n) is 13.6. The molecule has 0 saturated heterocycles. The van der Waals surface area contributed by atoms with E-state index in [-0.39, 0.29) is 25.5 Å². The van der Waals surface area contributed by atoms with Crippen molar-refractivity contribution in [2.75, 3.05) is 20.2 Å². The van der Waals surface area contributed by atoms with Crippen LogP contribution in [0.2, 0.25) is 0 Å². The Morgan fingerprint density at radius 1 is 0.745 bits per heavy atom. The van der Waals surface area contributed by atoms with Crippen LogP contribution < -0.4 is 20.7 Å². The van der Waals surface area contributed by atoms with Crippen molar-refractivity contribution in [2.24, 2.45) is 0 Å². The molecule has 51 heavy (non-hydrogen) atoms. The fourth-order valence-electron chi connectivity index (χ4n) is 4.95. The van der Waals surface area contributed by atoms with E-state index < -0.39 is 23.4 Å². The van der Waals surface area contributed by atoms with E-state index in [2.05, 4.69) is 16.0 Å². The number of methoxy groups -OCH3 is 1. The van der Waals surface area contributed by atoms with E-state index in [1.165, 1.54) is 7.11 Å². The van der Waals surface area contributed by atoms with Crippen molar-refractivity contribution < 1.29 is 37.7 Å². The summed E-state index contributed by atoms with van der Waals surface area (Å²) in [4.78, 5) is 36.2. The van der Waals surface area contributed by atoms with Crippen molar-refractivity contribution in [2.45, 2.75) is 92.7 Å². The van der Waals surface area contributed by atoms with Gasteiger partial charge in [0.2, 0.25) is 0 Å². The molecular formula is C40H53N3O8. The molecular weight excluding hydrogens is 650 g/mol. The summed E-state index contributed by atoms with van der Waals surface area (Å²) in [6.07, 6.45) is -0.850. The number of esters is 1. The summed E-state index contributed by atoms with van der Waals surface area (Å²) in [7, 11) is 1.36. The Balaban J connectivity index is 0.00000345. The SMILES string of the molecule is CC.COC(=O)Cc1ccccc1OCc1cc(-c2cccc(CNC(=O)OC(C)(C)C)c2)c2oc(CNCCNC(=O)OC(C)(C)C)cc2c1. The number of furan rings is 1. The predicted molar refractivity (Wildman–Crippen MR) is 199 cm³/mol. The zero-order valence-electron chi connectivity index (χ0n) is 31.4. The molecule has 4 aromatic rings. The molecule has 11 nitrogen and oxygen atoms in total. The number of nitrogens with one attached hydrogen (secondary N) is 3. The molecule has 0 bridgehead atoms. The maximum atomic E-state index is 12.3. The summed E-state index contributed by atoms with van der Waals surface area (Å²) < 4.78 is 28.1. The number of alkyl carbamates (subject to hydrolysis) is 2. The molecule has 11 heteroatoms. The maximum Gasteiger partial charge on any atom is 0.407 e. The molecule has 0 radical (unpaired) electrons. The molecule has 3 aromatic carbocycles. The highest BCUT2D eigenvalue weighted by Gasteiger charge is 2.18. The monoisotopic (exact) mass is 703 g/mol. The van der Waals surface area contributed by atoms with Crippen molar-refractivity contribution in [3.63, 3.8) is 0 Å². The van der Waals surface area contributed by atoms with E-state index in [0.29, 0.717) is 31.0 Å². The lowest BCUT2D eigenvalue weighted by Crippen LogP contribution is -2.36. The number of fused-ring (bicyclic) bond motifs is 1. The van der Waals surface area contributed by atoms with E-state index in [1.54, 1.807) is 0 Å². The maximum absolute atomic E-state index is 12.3. The van der Waals surface area contributed by atoms with Crippen molar-refractivity contribution in [3.05, 3.63) is 89.2 Å². The minimum atomic E-state index is -0.597. The molecule has 0 unspecified atom stereocenters. The molecule has 0 aliphatic carbocycles. The summed E-state index contributed by atoms with van der Waals surface area (Å²) in [5.74, 6) is 0.973. The zero-order valence-corrected chi connectivity index (χ0v) is 31.4. The number of carbonyl (C=O) groups excluding carboxylic acids is 3. The molecule has 0 atom stereocenters. The van der Waals surface area contributed by atoms with Crippen LogP contribution in [0.5, 0.6) is 5.75 Å². The lowest BCUT2D eigenvalue weighted by atomic mass is 9.99. The zero-order chi connectivity index (χ0) is 37.6. The first-order valence-corrected chi connectivity index (χ1v) is 17.3. The highest BCUT2D eigenvalue weighted by molar-refractivity contribution is 5.93. The van der Waals surface area contributed by atoms with Crippen molar-refractivity contribution in [1.82, 2.24) is 16.0 Å². The van der Waals surface area contributed by atoms with E-state index >= 15 is 0 Å². The highest BCUT2D eigenvalue weighted by Crippen LogP contribution is 2.34. The normalized spacial score (nSPS) is 11.2. The van der Waals surface area contributed by atoms with Crippen LogP contribution in [0.3, 0.4) is 0 Å². The van der Waals surface area contributed by atoms with Crippen molar-refractivity contribution in [1.29, 1.82) is 0 Å². The Labute approximate surface area is 301 Å². The molecule has 0 spiro atoms. The molecule has 276 valence electrons. The van der Waals surface area contributed by atoms with Gasteiger partial charge in [-0.25, -0.2) is 9.59 Å². The van der Waals surface area contributed by atoms with Gasteiger partial charge in [-0.15, -0.1) is 0 Å². The smallest absolute Gasteiger partial charge is 0.407 e. The summed E-state index contributed by atoms with van der Waals surface area (Å²) in [5.41, 5.74) is 3.83. The fraction of sp³-hybridized carbons (Fsp3) is 0.425. The molecule has 0 fully saturated rings. The molecule has 0 saturated carbocycles. The third-order valence-electron chi connectivity index (χ3n) is 7.00. The summed E-state index contributed by atoms with van der Waals surface area (Å²) in [5, 5.41) is 9.75. The Bertz CT molecular complexity index is 1750. The van der Waals surface area contributed by atoms with Gasteiger partial charge in [0, 0.05) is 36.1 Å². The first kappa shape index (κ1) is 40.4. The van der Waals surface area contributed by atoms with E-state index in [4.69, 9.17) is 23.4 Å². The first-order chi connectivity index (χ1) is 24.2. The minimum Gasteiger partial charge on any atom is -0.489 e. The van der Waals surface area contributed by atoms with Gasteiger partial charge in [-0.1, -0.05) is 50.2 Å². The fourth-order valence-corrected chi connectivity index (χ4v) is 4.95. The van der Waals surface area contributed by atoms with Crippen LogP contribution in [0.25, 0.3) is 22.1 Å². The van der Waals surface area contributed by atoms with Crippen LogP contribution in [0.15, 0.2) is 71.1 Å². The molecule has 0 aliphatic heterocycles. The number of rotatable bonds is 13. The summed E-state index contributed by atoms with van der Waals surface area (Å²) in [6.45, 7) is 16.8. The molecule has 0 aliphatic rings. The van der Waals surface area contributed by atoms with Gasteiger partial charge in [0.15, 0.2) is 0 Å². The Kier molecular flexibility index (Phi) is 14.9. The number of ether oxygens (including phenoxy) is 4. The van der Waals surface area contributed by atoms with Crippen LogP contribution >= 0.6 is 0 Å². The number of hydrogen-bond donors (Lipinski definition) is 3. The van der Waals surface area contributed by atoms with Gasteiger partial charge < -0.3 is 39.3 Å². The lowest BCUT2D eigenvalue weighted by Gasteiger charge is -2.19. The Morgan fingerprint density at radius 3 is 2.12 bits per heavy atom. The average Bonchev–Trinajstić information content (AvgIpc) is 3.48. The van der Waals surface area contributed by atoms with Crippen molar-refractivity contribution in [3.8, 4) is 16.9 Å². The Morgan fingerprint density at radius 2 is 1.43 bits per heavy atom. The topological polar surface area (TPSA) is 137 Å². The lowest BCUT2D eigenvalue weighted by molar-refractivity contribution is -0.139. The summed E-state index contributed by atoms with van der Waals surface area (Å²) >= 11 is 0. The van der Waals surface area contributed by atoms with Crippen LogP contribution in [0, 0.1) is 0 Å². The number of benzene rings is 3. The number of carbonyl (C=O) groups is 3. The highest BCUT2D eigenvalue weighted by atomic mass is 16.6. The Hall–Kier alpha value is -5.03. The third-order valence-corrected chi connectivity index (χ3v) is 7.00. The average molecular weight is 704 g/mol. The molecule has 4 rings (SSSR count). The van der Waals surface area contributed by atoms with Crippen LogP contribution in [-0.2, 0) is 45.1 Å². The number of para-hydroxylation sites is 1. The van der Waals surface area contributed by atoms with E-state index in [9.17, 15) is 14.4 Å². The van der Waals surface area contributed by atoms with Crippen LogP contribution in [-0.4, -0.2) is 49.6 Å². The molecule has 1 aromatic heterocycles. The van der Waals surface area contributed by atoms with Crippen LogP contribution in [0.4, 0.5) is 9.59 Å². The van der Waals surface area contributed by atoms with E-state index in [0.717, 1.165) is 39.0 Å². The molecule has 1 heterocycles. The quantitative estimate of drug-likeness (QED) is 0.0717. The third kappa shape index (κ3) is 13.7. The first-order valence-electron chi connectivity index (χ1n) is 17.3. The minimum absolute atomic E-state index is 0.104. The van der Waals surface area contributed by atoms with Gasteiger partial charge in [-0.2, -0.15) is 0 Å². The van der Waals surface area contributed by atoms with E-state index in [1.807, 2.05) is 122 Å². The van der Waals surface area contributed by atoms with Gasteiger partial charge in [0.25, 0.3) is 0 Å². The van der Waals surface area contributed by atoms with Gasteiger partial charge in [0.1, 0.15) is 34.9 Å². The molecule has 3 N–H and O–H groups in total. The molecule has 2 amide bonds. The van der Waals surface area contributed by atoms with Gasteiger partial charge in [-0.3, -0.25) is 4.79 Å². The number of hydrogen-bond acceptors (Lipinski definition) is 9. The second kappa shape index (κ2) is 18.8. The second-order valence-corrected chi connectivity index (χ2v) is 13.6. The number of amides is 2. The van der Waals surface area contributed by atoms with Gasteiger partial charge >= 0.3 is 18.2 Å². The standard InChI is InChI=1S/C38H47N3O8.C2H6/c1-37(2,3)48-35(43)40-16-15-39-23-30-20-29-18-26(24-46-32-14-9-8-12-28(32)21-33(42)45-7)19-31(34(29)47-30)27-13-10-11-25(17-27)22-41-36(44)49-38(4,5)6;1-2/h8-14,17-20,39H,15-16,21-24H2,1-7H3,(H,40,43)(H,41,44);1-2H3. The predicted octanol–water partition coefficient (Wildman–Crippen LogP) is 8.06. The van der Waals surface area contributed by atoms with Crippen LogP contribution in [0.1, 0.15) is 77.8 Å². The van der Waals surface area contributed by atoms with Crippen molar-refractivity contribution >= 4 is 29.1 Å². The summed E-state index contributed by atoms with van der Waals surface area (Å²) in [6, 6.07) is 21.3.